The van der Waals surface area contributed by atoms with Gasteiger partial charge in [-0.15, -0.1) is 0 Å². The van der Waals surface area contributed by atoms with Gasteiger partial charge in [-0.3, -0.25) is 15.1 Å². The molecule has 0 aliphatic heterocycles. The van der Waals surface area contributed by atoms with Gasteiger partial charge in [0.05, 0.1) is 10.6 Å². The van der Waals surface area contributed by atoms with Gasteiger partial charge in [0.1, 0.15) is 0 Å². The Hall–Kier alpha value is -2.23. The number of nitrogens with zero attached hydrogens (tertiary/aromatic N) is 2. The molecular weight excluding hydrogens is 192 g/mol. The Morgan fingerprint density at radius 3 is 2.67 bits per heavy atom. The van der Waals surface area contributed by atoms with E-state index >= 15 is 0 Å². The van der Waals surface area contributed by atoms with Crippen LogP contribution in [0.25, 0.3) is 11.3 Å². The van der Waals surface area contributed by atoms with Crippen LogP contribution in [-0.2, 0) is 0 Å². The van der Waals surface area contributed by atoms with E-state index in [-0.39, 0.29) is 5.69 Å². The zero-order valence-electron chi connectivity index (χ0n) is 7.83. The Morgan fingerprint density at radius 2 is 2.00 bits per heavy atom. The molecule has 0 N–H and O–H groups in total. The van der Waals surface area contributed by atoms with Gasteiger partial charge in [0.25, 0.3) is 5.69 Å². The Morgan fingerprint density at radius 1 is 1.13 bits per heavy atom. The van der Waals surface area contributed by atoms with Crippen molar-refractivity contribution in [1.29, 1.82) is 0 Å². The summed E-state index contributed by atoms with van der Waals surface area (Å²) in [5, 5.41) is 10.6. The van der Waals surface area contributed by atoms with Crippen molar-refractivity contribution in [2.45, 2.75) is 0 Å². The summed E-state index contributed by atoms with van der Waals surface area (Å²) in [7, 11) is 0. The second-order valence-electron chi connectivity index (χ2n) is 3.02. The van der Waals surface area contributed by atoms with E-state index < -0.39 is 4.92 Å². The minimum Gasteiger partial charge on any atom is -0.258 e. The Balaban J connectivity index is 2.46. The van der Waals surface area contributed by atoms with E-state index in [1.165, 1.54) is 12.1 Å². The molecular formula is C11H8N2O2. The van der Waals surface area contributed by atoms with E-state index in [4.69, 9.17) is 0 Å². The normalized spacial score (nSPS) is 9.87. The zero-order chi connectivity index (χ0) is 10.7. The van der Waals surface area contributed by atoms with Crippen LogP contribution in [0.4, 0.5) is 5.69 Å². The molecule has 0 aliphatic rings. The molecule has 0 saturated carbocycles. The van der Waals surface area contributed by atoms with Crippen LogP contribution >= 0.6 is 0 Å². The second-order valence-corrected chi connectivity index (χ2v) is 3.02. The fourth-order valence-corrected chi connectivity index (χ4v) is 1.31. The maximum absolute atomic E-state index is 10.6. The van der Waals surface area contributed by atoms with Gasteiger partial charge in [-0.2, -0.15) is 0 Å². The third-order valence-electron chi connectivity index (χ3n) is 2.02. The van der Waals surface area contributed by atoms with Crippen molar-refractivity contribution < 1.29 is 4.92 Å². The van der Waals surface area contributed by atoms with Crippen LogP contribution in [0.2, 0.25) is 0 Å². The van der Waals surface area contributed by atoms with Crippen LogP contribution in [0.15, 0.2) is 48.7 Å². The molecule has 0 amide bonds. The molecule has 15 heavy (non-hydrogen) atoms. The third kappa shape index (κ3) is 1.99. The Labute approximate surface area is 86.4 Å². The van der Waals surface area contributed by atoms with Crippen molar-refractivity contribution in [3.8, 4) is 11.3 Å². The summed E-state index contributed by atoms with van der Waals surface area (Å²) in [6.45, 7) is 0. The number of nitro groups is 1. The lowest BCUT2D eigenvalue weighted by Crippen LogP contribution is -1.88. The van der Waals surface area contributed by atoms with Crippen molar-refractivity contribution in [3.05, 3.63) is 58.8 Å². The standard InChI is InChI=1S/C11H8N2O2/c14-13(15)10-5-3-4-9(8-10)11-6-1-2-7-12-11/h1-8H. The van der Waals surface area contributed by atoms with Crippen molar-refractivity contribution in [2.75, 3.05) is 0 Å². The average Bonchev–Trinajstić information content (AvgIpc) is 2.30. The number of pyridine rings is 1. The van der Waals surface area contributed by atoms with Gasteiger partial charge in [0.2, 0.25) is 0 Å². The lowest BCUT2D eigenvalue weighted by atomic mass is 10.1. The minimum atomic E-state index is -0.410. The molecule has 0 saturated heterocycles. The quantitative estimate of drug-likeness (QED) is 0.553. The number of hydrogen-bond acceptors (Lipinski definition) is 3. The van der Waals surface area contributed by atoms with E-state index in [9.17, 15) is 10.1 Å². The second kappa shape index (κ2) is 3.88. The molecule has 4 nitrogen and oxygen atoms in total. The highest BCUT2D eigenvalue weighted by Crippen LogP contribution is 2.21. The SMILES string of the molecule is O=[N+]([O-])c1cccc(-c2ccccn2)c1. The smallest absolute Gasteiger partial charge is 0.258 e. The maximum atomic E-state index is 10.6. The van der Waals surface area contributed by atoms with Gasteiger partial charge >= 0.3 is 0 Å². The molecule has 0 unspecified atom stereocenters. The fourth-order valence-electron chi connectivity index (χ4n) is 1.31. The lowest BCUT2D eigenvalue weighted by molar-refractivity contribution is -0.384. The minimum absolute atomic E-state index is 0.0816. The van der Waals surface area contributed by atoms with Crippen LogP contribution in [-0.4, -0.2) is 9.91 Å². The Bertz CT molecular complexity index is 483. The van der Waals surface area contributed by atoms with Gasteiger partial charge in [-0.05, 0) is 12.1 Å². The van der Waals surface area contributed by atoms with Gasteiger partial charge in [0.15, 0.2) is 0 Å². The number of rotatable bonds is 2. The molecule has 1 aromatic carbocycles. The molecule has 2 rings (SSSR count). The molecule has 0 atom stereocenters. The van der Waals surface area contributed by atoms with Crippen LogP contribution < -0.4 is 0 Å². The number of non-ortho nitro benzene ring substituents is 1. The molecule has 74 valence electrons. The summed E-state index contributed by atoms with van der Waals surface area (Å²) in [5.41, 5.74) is 1.57. The fraction of sp³-hybridized carbons (Fsp3) is 0. The number of benzene rings is 1. The maximum Gasteiger partial charge on any atom is 0.270 e. The molecule has 1 heterocycles. The highest BCUT2D eigenvalue weighted by atomic mass is 16.6. The molecule has 0 aliphatic carbocycles. The zero-order valence-corrected chi connectivity index (χ0v) is 7.83. The summed E-state index contributed by atoms with van der Waals surface area (Å²) >= 11 is 0. The summed E-state index contributed by atoms with van der Waals surface area (Å²) < 4.78 is 0. The van der Waals surface area contributed by atoms with Crippen LogP contribution in [0.1, 0.15) is 0 Å². The molecule has 4 heteroatoms. The first-order valence-electron chi connectivity index (χ1n) is 4.43. The van der Waals surface area contributed by atoms with Crippen molar-refractivity contribution >= 4 is 5.69 Å². The molecule has 2 aromatic rings. The summed E-state index contributed by atoms with van der Waals surface area (Å²) in [6.07, 6.45) is 1.66. The molecule has 0 fully saturated rings. The highest BCUT2D eigenvalue weighted by Gasteiger charge is 2.06. The number of aromatic nitrogens is 1. The Kier molecular flexibility index (Phi) is 2.41. The lowest BCUT2D eigenvalue weighted by Gasteiger charge is -1.99. The molecule has 0 radical (unpaired) electrons. The van der Waals surface area contributed by atoms with Crippen LogP contribution in [0.3, 0.4) is 0 Å². The molecule has 0 spiro atoms. The van der Waals surface area contributed by atoms with Crippen molar-refractivity contribution in [1.82, 2.24) is 4.98 Å². The first-order chi connectivity index (χ1) is 7.27. The predicted octanol–water partition coefficient (Wildman–Crippen LogP) is 2.66. The first kappa shape index (κ1) is 9.33. The molecule has 0 bridgehead atoms. The van der Waals surface area contributed by atoms with Crippen molar-refractivity contribution in [2.24, 2.45) is 0 Å². The summed E-state index contributed by atoms with van der Waals surface area (Å²) in [5.74, 6) is 0. The number of nitro benzene ring substituents is 1. The summed E-state index contributed by atoms with van der Waals surface area (Å²) in [4.78, 5) is 14.3. The van der Waals surface area contributed by atoms with Crippen LogP contribution in [0, 0.1) is 10.1 Å². The largest absolute Gasteiger partial charge is 0.270 e. The topological polar surface area (TPSA) is 56.0 Å². The van der Waals surface area contributed by atoms with E-state index in [1.54, 1.807) is 24.4 Å². The number of hydrogen-bond donors (Lipinski definition) is 0. The van der Waals surface area contributed by atoms with E-state index in [1.807, 2.05) is 12.1 Å². The first-order valence-corrected chi connectivity index (χ1v) is 4.43. The van der Waals surface area contributed by atoms with E-state index in [0.717, 1.165) is 11.3 Å². The summed E-state index contributed by atoms with van der Waals surface area (Å²) in [6, 6.07) is 11.9. The van der Waals surface area contributed by atoms with E-state index in [2.05, 4.69) is 4.98 Å². The van der Waals surface area contributed by atoms with Gasteiger partial charge in [-0.25, -0.2) is 0 Å². The van der Waals surface area contributed by atoms with Crippen molar-refractivity contribution in [3.63, 3.8) is 0 Å². The molecule has 1 aromatic heterocycles. The van der Waals surface area contributed by atoms with E-state index in [0.29, 0.717) is 0 Å². The third-order valence-corrected chi connectivity index (χ3v) is 2.02. The predicted molar refractivity (Wildman–Crippen MR) is 56.3 cm³/mol. The van der Waals surface area contributed by atoms with Gasteiger partial charge < -0.3 is 0 Å². The monoisotopic (exact) mass is 200 g/mol. The van der Waals surface area contributed by atoms with Gasteiger partial charge in [0, 0.05) is 23.9 Å². The van der Waals surface area contributed by atoms with Gasteiger partial charge in [-0.1, -0.05) is 18.2 Å². The average molecular weight is 200 g/mol. The van der Waals surface area contributed by atoms with Crippen LogP contribution in [0.5, 0.6) is 0 Å². The highest BCUT2D eigenvalue weighted by molar-refractivity contribution is 5.62.